The number of nitrogens with zero attached hydrogens (tertiary/aromatic N) is 1. The molecule has 1 saturated carbocycles. The average Bonchev–Trinajstić information content (AvgIpc) is 2.35. The van der Waals surface area contributed by atoms with Crippen molar-refractivity contribution in [1.82, 2.24) is 4.90 Å². The normalized spacial score (nSPS) is 29.8. The Balaban J connectivity index is 2.73. The maximum absolute atomic E-state index is 12.3. The summed E-state index contributed by atoms with van der Waals surface area (Å²) in [6, 6.07) is 0.398. The van der Waals surface area contributed by atoms with Crippen LogP contribution in [-0.2, 0) is 0 Å². The second kappa shape index (κ2) is 6.85. The van der Waals surface area contributed by atoms with E-state index in [2.05, 4.69) is 32.7 Å². The Hall–Kier alpha value is -0.150. The topological polar surface area (TPSA) is 23.5 Å². The summed E-state index contributed by atoms with van der Waals surface area (Å²) in [5.74, 6) is 0.607. The minimum Gasteiger partial charge on any atom is -0.393 e. The molecule has 0 aromatic rings. The molecule has 1 fully saturated rings. The first-order valence-corrected chi connectivity index (χ1v) is 7.36. The van der Waals surface area contributed by atoms with Gasteiger partial charge in [-0.05, 0) is 44.1 Å². The third-order valence-corrected chi connectivity index (χ3v) is 4.91. The van der Waals surface area contributed by atoms with Crippen LogP contribution in [0.5, 0.6) is 0 Å². The number of hydrogen-bond donors (Lipinski definition) is 1. The Kier molecular flexibility index (Phi) is 6.06. The first-order valence-electron chi connectivity index (χ1n) is 7.36. The van der Waals surface area contributed by atoms with Gasteiger partial charge in [0.1, 0.15) is 0 Å². The summed E-state index contributed by atoms with van der Waals surface area (Å²) >= 11 is 0. The van der Waals surface area contributed by atoms with Crippen LogP contribution in [0.25, 0.3) is 0 Å². The van der Waals surface area contributed by atoms with Crippen molar-refractivity contribution >= 4 is 0 Å². The van der Waals surface area contributed by atoms with Crippen LogP contribution in [0.2, 0.25) is 0 Å². The van der Waals surface area contributed by atoms with Gasteiger partial charge in [-0.2, -0.15) is 0 Å². The van der Waals surface area contributed by atoms with Crippen LogP contribution < -0.4 is 0 Å². The van der Waals surface area contributed by atoms with Gasteiger partial charge in [-0.3, -0.25) is 4.39 Å². The number of alkyl halides is 1. The highest BCUT2D eigenvalue weighted by Gasteiger charge is 2.40. The molecule has 108 valence electrons. The summed E-state index contributed by atoms with van der Waals surface area (Å²) in [6.07, 6.45) is 4.43. The maximum atomic E-state index is 12.3. The molecular weight excluding hydrogens is 229 g/mol. The van der Waals surface area contributed by atoms with Gasteiger partial charge in [-0.15, -0.1) is 0 Å². The zero-order valence-corrected chi connectivity index (χ0v) is 12.5. The zero-order valence-electron chi connectivity index (χ0n) is 12.5. The lowest BCUT2D eigenvalue weighted by Crippen LogP contribution is -2.49. The van der Waals surface area contributed by atoms with Gasteiger partial charge >= 0.3 is 0 Å². The van der Waals surface area contributed by atoms with Gasteiger partial charge in [0.25, 0.3) is 0 Å². The molecule has 0 saturated heterocycles. The highest BCUT2D eigenvalue weighted by atomic mass is 19.1. The van der Waals surface area contributed by atoms with Gasteiger partial charge in [0.05, 0.1) is 12.8 Å². The van der Waals surface area contributed by atoms with E-state index in [1.807, 2.05) is 0 Å². The molecule has 1 aliphatic rings. The second-order valence-corrected chi connectivity index (χ2v) is 6.51. The summed E-state index contributed by atoms with van der Waals surface area (Å²) in [6.45, 7) is 7.44. The maximum Gasteiger partial charge on any atom is 0.0906 e. The highest BCUT2D eigenvalue weighted by molar-refractivity contribution is 4.92. The van der Waals surface area contributed by atoms with Gasteiger partial charge in [0, 0.05) is 12.6 Å². The zero-order chi connectivity index (χ0) is 13.8. The van der Waals surface area contributed by atoms with E-state index in [1.54, 1.807) is 0 Å². The van der Waals surface area contributed by atoms with Crippen LogP contribution in [0, 0.1) is 11.3 Å². The van der Waals surface area contributed by atoms with Crippen molar-refractivity contribution in [2.75, 3.05) is 20.3 Å². The van der Waals surface area contributed by atoms with Crippen LogP contribution in [0.4, 0.5) is 4.39 Å². The monoisotopic (exact) mass is 259 g/mol. The SMILES string of the molecule is CCC(C)(C)C1CCC(O)CC1N(C)CCCF. The molecule has 1 aliphatic carbocycles. The van der Waals surface area contributed by atoms with Crippen molar-refractivity contribution in [2.45, 2.75) is 65.0 Å². The molecule has 0 amide bonds. The molecule has 3 unspecified atom stereocenters. The van der Waals surface area contributed by atoms with Crippen LogP contribution in [-0.4, -0.2) is 42.4 Å². The Morgan fingerprint density at radius 2 is 2.00 bits per heavy atom. The fourth-order valence-corrected chi connectivity index (χ4v) is 3.26. The third-order valence-electron chi connectivity index (χ3n) is 4.91. The molecule has 1 N–H and O–H groups in total. The van der Waals surface area contributed by atoms with Crippen LogP contribution >= 0.6 is 0 Å². The minimum atomic E-state index is -0.249. The van der Waals surface area contributed by atoms with Crippen molar-refractivity contribution in [1.29, 1.82) is 0 Å². The third kappa shape index (κ3) is 3.92. The number of rotatable bonds is 6. The van der Waals surface area contributed by atoms with Gasteiger partial charge in [-0.25, -0.2) is 0 Å². The molecule has 0 aromatic carbocycles. The molecule has 0 aliphatic heterocycles. The summed E-state index contributed by atoms with van der Waals surface area (Å²) in [5.41, 5.74) is 0.300. The van der Waals surface area contributed by atoms with E-state index >= 15 is 0 Å². The second-order valence-electron chi connectivity index (χ2n) is 6.51. The van der Waals surface area contributed by atoms with E-state index in [-0.39, 0.29) is 12.8 Å². The van der Waals surface area contributed by atoms with E-state index in [1.165, 1.54) is 0 Å². The standard InChI is InChI=1S/C15H30FNO/c1-5-15(2,3)13-8-7-12(18)11-14(13)17(4)10-6-9-16/h12-14,18H,5-11H2,1-4H3. The lowest BCUT2D eigenvalue weighted by Gasteiger charge is -2.47. The summed E-state index contributed by atoms with van der Waals surface area (Å²) in [5, 5.41) is 9.91. The number of aliphatic hydroxyl groups is 1. The lowest BCUT2D eigenvalue weighted by molar-refractivity contribution is -0.00978. The first kappa shape index (κ1) is 15.9. The number of hydrogen-bond acceptors (Lipinski definition) is 2. The number of aliphatic hydroxyl groups excluding tert-OH is 1. The molecule has 0 heterocycles. The van der Waals surface area contributed by atoms with E-state index in [9.17, 15) is 9.50 Å². The Morgan fingerprint density at radius 1 is 1.33 bits per heavy atom. The van der Waals surface area contributed by atoms with E-state index in [4.69, 9.17) is 0 Å². The molecule has 0 radical (unpaired) electrons. The fourth-order valence-electron chi connectivity index (χ4n) is 3.26. The Labute approximate surface area is 112 Å². The molecule has 1 rings (SSSR count). The molecular formula is C15H30FNO. The quantitative estimate of drug-likeness (QED) is 0.791. The predicted molar refractivity (Wildman–Crippen MR) is 74.4 cm³/mol. The van der Waals surface area contributed by atoms with Crippen molar-refractivity contribution in [3.05, 3.63) is 0 Å². The molecule has 2 nitrogen and oxygen atoms in total. The van der Waals surface area contributed by atoms with Gasteiger partial charge in [0.2, 0.25) is 0 Å². The van der Waals surface area contributed by atoms with E-state index < -0.39 is 0 Å². The van der Waals surface area contributed by atoms with Crippen molar-refractivity contribution < 1.29 is 9.50 Å². The van der Waals surface area contributed by atoms with Gasteiger partial charge < -0.3 is 10.0 Å². The first-order chi connectivity index (χ1) is 8.42. The molecule has 3 atom stereocenters. The molecule has 18 heavy (non-hydrogen) atoms. The van der Waals surface area contributed by atoms with E-state index in [0.717, 1.165) is 32.2 Å². The summed E-state index contributed by atoms with van der Waals surface area (Å²) < 4.78 is 12.3. The van der Waals surface area contributed by atoms with E-state index in [0.29, 0.717) is 23.8 Å². The lowest BCUT2D eigenvalue weighted by atomic mass is 9.66. The minimum absolute atomic E-state index is 0.174. The van der Waals surface area contributed by atoms with Gasteiger partial charge in [-0.1, -0.05) is 27.2 Å². The van der Waals surface area contributed by atoms with Gasteiger partial charge in [0.15, 0.2) is 0 Å². The Bertz CT molecular complexity index is 245. The Morgan fingerprint density at radius 3 is 2.56 bits per heavy atom. The summed E-state index contributed by atoms with van der Waals surface area (Å²) in [4.78, 5) is 2.27. The van der Waals surface area contributed by atoms with Crippen LogP contribution in [0.15, 0.2) is 0 Å². The van der Waals surface area contributed by atoms with Crippen LogP contribution in [0.1, 0.15) is 52.9 Å². The highest BCUT2D eigenvalue weighted by Crippen LogP contribution is 2.42. The molecule has 0 bridgehead atoms. The molecule has 0 spiro atoms. The largest absolute Gasteiger partial charge is 0.393 e. The average molecular weight is 259 g/mol. The predicted octanol–water partition coefficient (Wildman–Crippen LogP) is 3.24. The smallest absolute Gasteiger partial charge is 0.0906 e. The fraction of sp³-hybridized carbons (Fsp3) is 1.00. The van der Waals surface area contributed by atoms with Crippen molar-refractivity contribution in [3.8, 4) is 0 Å². The van der Waals surface area contributed by atoms with Crippen molar-refractivity contribution in [2.24, 2.45) is 11.3 Å². The molecule has 0 aromatic heterocycles. The summed E-state index contributed by atoms with van der Waals surface area (Å²) in [7, 11) is 2.08. The van der Waals surface area contributed by atoms with Crippen LogP contribution in [0.3, 0.4) is 0 Å². The van der Waals surface area contributed by atoms with Crippen molar-refractivity contribution in [3.63, 3.8) is 0 Å². The molecule has 3 heteroatoms. The number of halogens is 1.